The van der Waals surface area contributed by atoms with Crippen molar-refractivity contribution < 1.29 is 14.7 Å². The van der Waals surface area contributed by atoms with Crippen LogP contribution in [0.3, 0.4) is 0 Å². The Balaban J connectivity index is 1.50. The van der Waals surface area contributed by atoms with Crippen LogP contribution >= 0.6 is 0 Å². The highest BCUT2D eigenvalue weighted by atomic mass is 16.8. The van der Waals surface area contributed by atoms with Crippen LogP contribution in [0.2, 0.25) is 0 Å². The van der Waals surface area contributed by atoms with Crippen LogP contribution in [0.15, 0.2) is 89.6 Å². The van der Waals surface area contributed by atoms with Crippen LogP contribution < -0.4 is 10.1 Å². The summed E-state index contributed by atoms with van der Waals surface area (Å²) in [6.07, 6.45) is 2.61. The molecule has 0 amide bonds. The highest BCUT2D eigenvalue weighted by Gasteiger charge is 2.26. The fraction of sp³-hybridized carbons (Fsp3) is 0.172. The van der Waals surface area contributed by atoms with Gasteiger partial charge in [0.25, 0.3) is 0 Å². The fourth-order valence-electron chi connectivity index (χ4n) is 5.00. The van der Waals surface area contributed by atoms with Gasteiger partial charge >= 0.3 is 0 Å². The molecule has 1 aliphatic heterocycles. The Labute approximate surface area is 213 Å². The minimum absolute atomic E-state index is 0.115. The first-order valence-corrected chi connectivity index (χ1v) is 12.2. The number of aliphatic hydroxyl groups is 1. The number of hydrogen-bond donors (Lipinski definition) is 2. The zero-order chi connectivity index (χ0) is 25.4. The van der Waals surface area contributed by atoms with Crippen molar-refractivity contribution in [2.45, 2.75) is 18.9 Å². The van der Waals surface area contributed by atoms with Gasteiger partial charge in [-0.25, -0.2) is 9.97 Å². The van der Waals surface area contributed by atoms with Crippen LogP contribution in [0.1, 0.15) is 12.8 Å². The van der Waals surface area contributed by atoms with Crippen molar-refractivity contribution in [3.05, 3.63) is 90.4 Å². The Hall–Kier alpha value is -4.24. The van der Waals surface area contributed by atoms with Gasteiger partial charge in [-0.05, 0) is 30.0 Å². The predicted octanol–water partition coefficient (Wildman–Crippen LogP) is 5.88. The van der Waals surface area contributed by atoms with E-state index in [2.05, 4.69) is 14.9 Å². The molecule has 3 heterocycles. The van der Waals surface area contributed by atoms with Crippen LogP contribution in [0.5, 0.6) is 0 Å². The molecule has 1 fully saturated rings. The van der Waals surface area contributed by atoms with Crippen molar-refractivity contribution >= 4 is 22.6 Å². The van der Waals surface area contributed by atoms with Crippen LogP contribution in [0, 0.1) is 5.21 Å². The van der Waals surface area contributed by atoms with E-state index in [-0.39, 0.29) is 17.0 Å². The molecule has 1 aliphatic rings. The Bertz CT molecular complexity index is 1530. The number of anilines is 2. The van der Waals surface area contributed by atoms with E-state index in [0.29, 0.717) is 43.0 Å². The molecule has 0 radical (unpaired) electrons. The van der Waals surface area contributed by atoms with Gasteiger partial charge in [0, 0.05) is 29.8 Å². The zero-order valence-electron chi connectivity index (χ0n) is 20.0. The molecule has 1 saturated heterocycles. The monoisotopic (exact) mass is 493 g/mol. The molecular weight excluding hydrogens is 468 g/mol. The van der Waals surface area contributed by atoms with Crippen LogP contribution in [-0.2, 0) is 0 Å². The van der Waals surface area contributed by atoms with Crippen molar-refractivity contribution in [2.24, 2.45) is 0 Å². The second kappa shape index (κ2) is 9.67. The molecule has 0 atom stereocenters. The maximum absolute atomic E-state index is 11.6. The lowest BCUT2D eigenvalue weighted by Crippen LogP contribution is -2.36. The highest BCUT2D eigenvalue weighted by Crippen LogP contribution is 2.44. The van der Waals surface area contributed by atoms with Gasteiger partial charge in [-0.1, -0.05) is 72.8 Å². The summed E-state index contributed by atoms with van der Waals surface area (Å²) in [4.78, 5) is 11.3. The van der Waals surface area contributed by atoms with Gasteiger partial charge in [0.1, 0.15) is 17.9 Å². The van der Waals surface area contributed by atoms with Crippen molar-refractivity contribution in [1.29, 1.82) is 0 Å². The van der Waals surface area contributed by atoms with E-state index < -0.39 is 0 Å². The average molecular weight is 494 g/mol. The number of para-hydroxylation sites is 1. The predicted molar refractivity (Wildman–Crippen MR) is 143 cm³/mol. The molecule has 186 valence electrons. The Kier molecular flexibility index (Phi) is 6.05. The number of fused-ring (bicyclic) bond motifs is 1. The van der Waals surface area contributed by atoms with Crippen molar-refractivity contribution in [3.63, 3.8) is 0 Å². The number of benzene rings is 3. The summed E-state index contributed by atoms with van der Waals surface area (Å²) in [7, 11) is 0. The van der Waals surface area contributed by atoms with Crippen LogP contribution in [-0.4, -0.2) is 39.5 Å². The number of furan rings is 1. The number of nitrogens with zero attached hydrogens (tertiary/aromatic N) is 4. The molecule has 0 unspecified atom stereocenters. The highest BCUT2D eigenvalue weighted by molar-refractivity contribution is 6.06. The molecule has 0 bridgehead atoms. The summed E-state index contributed by atoms with van der Waals surface area (Å²) in [6.45, 7) is 1.41. The minimum atomic E-state index is -0.287. The molecule has 0 aliphatic carbocycles. The molecular formula is C29H25N4O4-. The first-order chi connectivity index (χ1) is 18.1. The summed E-state index contributed by atoms with van der Waals surface area (Å²) in [5.41, 5.74) is 4.84. The number of rotatable bonds is 5. The molecule has 5 aromatic rings. The zero-order valence-corrected chi connectivity index (χ0v) is 20.0. The Morgan fingerprint density at radius 3 is 2.24 bits per heavy atom. The van der Waals surface area contributed by atoms with Crippen molar-refractivity contribution in [3.8, 4) is 33.6 Å². The molecule has 0 saturated carbocycles. The second-order valence-electron chi connectivity index (χ2n) is 9.14. The standard InChI is InChI=1S/C29H25N4O4/c34-22-14-16-32(17-15-22)28-26-25(20-6-2-1-3-7-20)27(37-29(26)31-18-30-28)21-12-10-19(11-13-21)23-8-4-5-9-24(23)33(35)36/h1-13,18,22,34-35H,14-17H2/q-1. The lowest BCUT2D eigenvalue weighted by molar-refractivity contribution is 0.145. The lowest BCUT2D eigenvalue weighted by Gasteiger charge is -2.30. The van der Waals surface area contributed by atoms with E-state index in [4.69, 9.17) is 4.42 Å². The summed E-state index contributed by atoms with van der Waals surface area (Å²) in [5, 5.41) is 31.9. The average Bonchev–Trinajstić information content (AvgIpc) is 3.34. The summed E-state index contributed by atoms with van der Waals surface area (Å²) in [5.74, 6) is 1.47. The number of aromatic nitrogens is 2. The van der Waals surface area contributed by atoms with E-state index in [0.717, 1.165) is 33.5 Å². The topological polar surface area (TPSA) is 109 Å². The van der Waals surface area contributed by atoms with Gasteiger partial charge in [0.05, 0.1) is 17.2 Å². The lowest BCUT2D eigenvalue weighted by atomic mass is 9.97. The number of aliphatic hydroxyl groups excluding tert-OH is 1. The van der Waals surface area contributed by atoms with Gasteiger partial charge in [0.15, 0.2) is 0 Å². The second-order valence-corrected chi connectivity index (χ2v) is 9.14. The van der Waals surface area contributed by atoms with E-state index in [1.807, 2.05) is 60.7 Å². The van der Waals surface area contributed by atoms with Gasteiger partial charge in [-0.3, -0.25) is 5.21 Å². The number of hydrogen-bond acceptors (Lipinski definition) is 8. The summed E-state index contributed by atoms with van der Waals surface area (Å²) in [6, 6.07) is 24.6. The molecule has 8 heteroatoms. The first kappa shape index (κ1) is 23.2. The Morgan fingerprint density at radius 1 is 0.838 bits per heavy atom. The number of piperidine rings is 1. The molecule has 6 rings (SSSR count). The van der Waals surface area contributed by atoms with Gasteiger partial charge < -0.3 is 24.9 Å². The quantitative estimate of drug-likeness (QED) is 0.292. The molecule has 2 N–H and O–H groups in total. The maximum atomic E-state index is 11.6. The minimum Gasteiger partial charge on any atom is -0.733 e. The SMILES string of the molecule is [O-]N(O)c1ccccc1-c1ccc(-c2oc3ncnc(N4CCC(O)CC4)c3c2-c2ccccc2)cc1. The molecule has 3 aromatic carbocycles. The van der Waals surface area contributed by atoms with Crippen molar-refractivity contribution in [2.75, 3.05) is 23.2 Å². The fourth-order valence-corrected chi connectivity index (χ4v) is 5.00. The normalized spacial score (nSPS) is 14.3. The van der Waals surface area contributed by atoms with Gasteiger partial charge in [0.2, 0.25) is 5.71 Å². The third-order valence-corrected chi connectivity index (χ3v) is 6.86. The van der Waals surface area contributed by atoms with Gasteiger partial charge in [-0.15, -0.1) is 0 Å². The van der Waals surface area contributed by atoms with E-state index in [1.54, 1.807) is 18.2 Å². The van der Waals surface area contributed by atoms with E-state index >= 15 is 0 Å². The summed E-state index contributed by atoms with van der Waals surface area (Å²) < 4.78 is 6.37. The summed E-state index contributed by atoms with van der Waals surface area (Å²) >= 11 is 0. The third-order valence-electron chi connectivity index (χ3n) is 6.86. The van der Waals surface area contributed by atoms with E-state index in [9.17, 15) is 15.5 Å². The van der Waals surface area contributed by atoms with E-state index in [1.165, 1.54) is 6.33 Å². The molecule has 37 heavy (non-hydrogen) atoms. The largest absolute Gasteiger partial charge is 0.733 e. The third kappa shape index (κ3) is 4.31. The van der Waals surface area contributed by atoms with Gasteiger partial charge in [-0.2, -0.15) is 0 Å². The smallest absolute Gasteiger partial charge is 0.232 e. The molecule has 2 aromatic heterocycles. The van der Waals surface area contributed by atoms with Crippen LogP contribution in [0.25, 0.3) is 44.7 Å². The van der Waals surface area contributed by atoms with Crippen LogP contribution in [0.4, 0.5) is 11.5 Å². The maximum Gasteiger partial charge on any atom is 0.232 e. The van der Waals surface area contributed by atoms with Crippen molar-refractivity contribution in [1.82, 2.24) is 9.97 Å². The molecule has 8 nitrogen and oxygen atoms in total. The first-order valence-electron chi connectivity index (χ1n) is 12.2. The molecule has 0 spiro atoms. The Morgan fingerprint density at radius 2 is 1.51 bits per heavy atom.